The number of benzene rings is 1. The number of nitrogens with one attached hydrogen (secondary N) is 2. The molecule has 0 aliphatic rings. The normalized spacial score (nSPS) is 11.1. The van der Waals surface area contributed by atoms with Crippen molar-refractivity contribution in [3.63, 3.8) is 0 Å². The molecule has 0 saturated heterocycles. The fourth-order valence-corrected chi connectivity index (χ4v) is 4.23. The minimum absolute atomic E-state index is 0.0963. The number of pyridine rings is 1. The van der Waals surface area contributed by atoms with E-state index in [4.69, 9.17) is 4.98 Å². The van der Waals surface area contributed by atoms with Gasteiger partial charge in [0.05, 0.1) is 20.8 Å². The Morgan fingerprint density at radius 1 is 1.26 bits per heavy atom. The highest BCUT2D eigenvalue weighted by atomic mass is 79.9. The molecule has 0 spiro atoms. The number of imidazole rings is 1. The van der Waals surface area contributed by atoms with Gasteiger partial charge in [-0.15, -0.1) is 11.3 Å². The largest absolute Gasteiger partial charge is 0.347 e. The van der Waals surface area contributed by atoms with Gasteiger partial charge in [0.2, 0.25) is 0 Å². The molecule has 7 heteroatoms. The van der Waals surface area contributed by atoms with Crippen molar-refractivity contribution < 1.29 is 4.79 Å². The first-order valence-corrected chi connectivity index (χ1v) is 10.1. The molecule has 0 aliphatic heterocycles. The Hall–Kier alpha value is -2.51. The summed E-state index contributed by atoms with van der Waals surface area (Å²) >= 11 is 5.01. The summed E-state index contributed by atoms with van der Waals surface area (Å²) in [6, 6.07) is 9.57. The van der Waals surface area contributed by atoms with Gasteiger partial charge in [-0.05, 0) is 54.8 Å². The molecule has 3 aromatic heterocycles. The number of halogens is 1. The van der Waals surface area contributed by atoms with E-state index in [0.717, 1.165) is 31.8 Å². The summed E-state index contributed by atoms with van der Waals surface area (Å²) in [5.74, 6) is 0.683. The highest BCUT2D eigenvalue weighted by molar-refractivity contribution is 9.10. The second kappa shape index (κ2) is 7.25. The summed E-state index contributed by atoms with van der Waals surface area (Å²) in [6.45, 7) is 4.61. The Morgan fingerprint density at radius 2 is 2.11 bits per heavy atom. The summed E-state index contributed by atoms with van der Waals surface area (Å²) < 4.78 is 1.05. The van der Waals surface area contributed by atoms with E-state index in [1.807, 2.05) is 30.3 Å². The number of aryl methyl sites for hydroxylation is 1. The van der Waals surface area contributed by atoms with E-state index >= 15 is 0 Å². The first kappa shape index (κ1) is 17.9. The molecule has 0 radical (unpaired) electrons. The SMILES string of the molecule is Cc1c(Br)cc2nc(-c3ccc(C(=O)NCc4cccnc4)s3)[nH]c2c1C. The molecule has 0 fully saturated rings. The predicted octanol–water partition coefficient (Wildman–Crippen LogP) is 5.00. The molecular weight excluding hydrogens is 424 g/mol. The summed E-state index contributed by atoms with van der Waals surface area (Å²) in [5.41, 5.74) is 5.28. The number of nitrogens with zero attached hydrogens (tertiary/aromatic N) is 2. The molecular formula is C20H17BrN4OS. The van der Waals surface area contributed by atoms with Gasteiger partial charge >= 0.3 is 0 Å². The number of aromatic nitrogens is 3. The van der Waals surface area contributed by atoms with Crippen LogP contribution in [0.25, 0.3) is 21.7 Å². The van der Waals surface area contributed by atoms with Crippen molar-refractivity contribution in [3.05, 3.63) is 68.8 Å². The Bertz CT molecular complexity index is 1130. The smallest absolute Gasteiger partial charge is 0.261 e. The fraction of sp³-hybridized carbons (Fsp3) is 0.150. The van der Waals surface area contributed by atoms with Crippen LogP contribution in [0.2, 0.25) is 0 Å². The van der Waals surface area contributed by atoms with E-state index in [-0.39, 0.29) is 5.91 Å². The molecule has 4 rings (SSSR count). The van der Waals surface area contributed by atoms with Crippen molar-refractivity contribution in [2.75, 3.05) is 0 Å². The van der Waals surface area contributed by atoms with Gasteiger partial charge in [-0.25, -0.2) is 4.98 Å². The van der Waals surface area contributed by atoms with Crippen molar-refractivity contribution in [1.82, 2.24) is 20.3 Å². The Kier molecular flexibility index (Phi) is 4.80. The van der Waals surface area contributed by atoms with Gasteiger partial charge in [-0.2, -0.15) is 0 Å². The second-order valence-corrected chi connectivity index (χ2v) is 8.23. The van der Waals surface area contributed by atoms with Gasteiger partial charge in [-0.3, -0.25) is 9.78 Å². The zero-order valence-electron chi connectivity index (χ0n) is 14.8. The lowest BCUT2D eigenvalue weighted by Crippen LogP contribution is -2.21. The Balaban J connectivity index is 1.56. The van der Waals surface area contributed by atoms with Gasteiger partial charge < -0.3 is 10.3 Å². The predicted molar refractivity (Wildman–Crippen MR) is 112 cm³/mol. The molecule has 0 bridgehead atoms. The molecule has 27 heavy (non-hydrogen) atoms. The van der Waals surface area contributed by atoms with E-state index in [2.05, 4.69) is 45.1 Å². The van der Waals surface area contributed by atoms with E-state index in [0.29, 0.717) is 11.4 Å². The molecule has 3 heterocycles. The first-order chi connectivity index (χ1) is 13.0. The molecule has 136 valence electrons. The third-order valence-electron chi connectivity index (χ3n) is 4.53. The van der Waals surface area contributed by atoms with Crippen molar-refractivity contribution in [2.24, 2.45) is 0 Å². The summed E-state index contributed by atoms with van der Waals surface area (Å²) in [4.78, 5) is 26.2. The van der Waals surface area contributed by atoms with E-state index < -0.39 is 0 Å². The fourth-order valence-electron chi connectivity index (χ4n) is 2.85. The number of hydrogen-bond donors (Lipinski definition) is 2. The number of hydrogen-bond acceptors (Lipinski definition) is 4. The Morgan fingerprint density at radius 3 is 2.89 bits per heavy atom. The van der Waals surface area contributed by atoms with Crippen LogP contribution in [-0.4, -0.2) is 20.9 Å². The average molecular weight is 441 g/mol. The quantitative estimate of drug-likeness (QED) is 0.469. The van der Waals surface area contributed by atoms with Crippen molar-refractivity contribution in [3.8, 4) is 10.7 Å². The minimum Gasteiger partial charge on any atom is -0.347 e. The van der Waals surface area contributed by atoms with Crippen LogP contribution in [0.4, 0.5) is 0 Å². The van der Waals surface area contributed by atoms with Crippen LogP contribution in [0.3, 0.4) is 0 Å². The lowest BCUT2D eigenvalue weighted by atomic mass is 10.1. The van der Waals surface area contributed by atoms with Gasteiger partial charge in [0.1, 0.15) is 5.82 Å². The zero-order valence-corrected chi connectivity index (χ0v) is 17.2. The zero-order chi connectivity index (χ0) is 19.0. The molecule has 5 nitrogen and oxygen atoms in total. The topological polar surface area (TPSA) is 70.7 Å². The highest BCUT2D eigenvalue weighted by Gasteiger charge is 2.15. The number of aromatic amines is 1. The average Bonchev–Trinajstić information content (AvgIpc) is 3.32. The van der Waals surface area contributed by atoms with E-state index in [9.17, 15) is 4.79 Å². The molecule has 0 atom stereocenters. The summed E-state index contributed by atoms with van der Waals surface area (Å²) in [5, 5.41) is 2.93. The monoisotopic (exact) mass is 440 g/mol. The summed E-state index contributed by atoms with van der Waals surface area (Å²) in [6.07, 6.45) is 3.46. The third-order valence-corrected chi connectivity index (χ3v) is 6.44. The van der Waals surface area contributed by atoms with Crippen molar-refractivity contribution in [2.45, 2.75) is 20.4 Å². The molecule has 4 aromatic rings. The van der Waals surface area contributed by atoms with Crippen LogP contribution in [-0.2, 0) is 6.54 Å². The van der Waals surface area contributed by atoms with Crippen LogP contribution in [0.15, 0.2) is 47.2 Å². The number of H-pyrrole nitrogens is 1. The number of amides is 1. The van der Waals surface area contributed by atoms with Crippen LogP contribution >= 0.6 is 27.3 Å². The lowest BCUT2D eigenvalue weighted by molar-refractivity contribution is 0.0955. The molecule has 2 N–H and O–H groups in total. The van der Waals surface area contributed by atoms with Gasteiger partial charge in [0, 0.05) is 23.4 Å². The van der Waals surface area contributed by atoms with Crippen LogP contribution in [0.5, 0.6) is 0 Å². The summed E-state index contributed by atoms with van der Waals surface area (Å²) in [7, 11) is 0. The van der Waals surface area contributed by atoms with Crippen molar-refractivity contribution >= 4 is 44.2 Å². The molecule has 0 saturated carbocycles. The molecule has 0 aliphatic carbocycles. The Labute approximate surface area is 169 Å². The van der Waals surface area contributed by atoms with Gasteiger partial charge in [0.25, 0.3) is 5.91 Å². The maximum atomic E-state index is 12.4. The van der Waals surface area contributed by atoms with Crippen LogP contribution in [0, 0.1) is 13.8 Å². The maximum Gasteiger partial charge on any atom is 0.261 e. The number of carbonyl (C=O) groups is 1. The molecule has 0 unspecified atom stereocenters. The van der Waals surface area contributed by atoms with E-state index in [1.54, 1.807) is 12.4 Å². The van der Waals surface area contributed by atoms with Gasteiger partial charge in [0.15, 0.2) is 0 Å². The van der Waals surface area contributed by atoms with Gasteiger partial charge in [-0.1, -0.05) is 22.0 Å². The number of fused-ring (bicyclic) bond motifs is 1. The third kappa shape index (κ3) is 3.52. The molecule has 1 amide bonds. The first-order valence-electron chi connectivity index (χ1n) is 8.45. The number of thiophene rings is 1. The highest BCUT2D eigenvalue weighted by Crippen LogP contribution is 2.32. The van der Waals surface area contributed by atoms with Crippen molar-refractivity contribution in [1.29, 1.82) is 0 Å². The standard InChI is InChI=1S/C20H17BrN4OS/c1-11-12(2)18-15(8-14(11)21)24-19(25-18)16-5-6-17(27-16)20(26)23-10-13-4-3-7-22-9-13/h3-9H,10H2,1-2H3,(H,23,26)(H,24,25). The minimum atomic E-state index is -0.0963. The second-order valence-electron chi connectivity index (χ2n) is 6.30. The van der Waals surface area contributed by atoms with Crippen LogP contribution in [0.1, 0.15) is 26.4 Å². The molecule has 1 aromatic carbocycles. The number of carbonyl (C=O) groups excluding carboxylic acids is 1. The van der Waals surface area contributed by atoms with Crippen LogP contribution < -0.4 is 5.32 Å². The maximum absolute atomic E-state index is 12.4. The number of rotatable bonds is 4. The van der Waals surface area contributed by atoms with E-state index in [1.165, 1.54) is 22.5 Å². The lowest BCUT2D eigenvalue weighted by Gasteiger charge is -2.03.